The first kappa shape index (κ1) is 19.9. The lowest BCUT2D eigenvalue weighted by Gasteiger charge is -2.19. The monoisotopic (exact) mass is 439 g/mol. The highest BCUT2D eigenvalue weighted by Crippen LogP contribution is 2.34. The molecule has 2 aromatic heterocycles. The number of anilines is 1. The lowest BCUT2D eigenvalue weighted by Crippen LogP contribution is -2.32. The molecule has 7 heteroatoms. The lowest BCUT2D eigenvalue weighted by atomic mass is 10.2. The molecule has 2 aromatic carbocycles. The quantitative estimate of drug-likeness (QED) is 0.347. The van der Waals surface area contributed by atoms with E-state index in [1.54, 1.807) is 11.1 Å². The second-order valence-corrected chi connectivity index (χ2v) is 8.95. The van der Waals surface area contributed by atoms with Crippen molar-refractivity contribution < 1.29 is 4.79 Å². The Balaban J connectivity index is 1.60. The lowest BCUT2D eigenvalue weighted by molar-refractivity contribution is -0.116. The number of fused-ring (bicyclic) bond motifs is 1. The molecule has 0 aliphatic rings. The van der Waals surface area contributed by atoms with E-state index >= 15 is 0 Å². The first-order valence-electron chi connectivity index (χ1n) is 9.05. The molecule has 0 spiro atoms. The van der Waals surface area contributed by atoms with Crippen LogP contribution in [-0.4, -0.2) is 21.6 Å². The van der Waals surface area contributed by atoms with Gasteiger partial charge in [-0.2, -0.15) is 0 Å². The molecule has 146 valence electrons. The first-order valence-corrected chi connectivity index (χ1v) is 11.2. The Morgan fingerprint density at radius 1 is 1.10 bits per heavy atom. The molecule has 0 atom stereocenters. The molecule has 0 radical (unpaired) electrons. The van der Waals surface area contributed by atoms with Crippen LogP contribution >= 0.6 is 34.7 Å². The summed E-state index contributed by atoms with van der Waals surface area (Å²) < 4.78 is 0.956. The zero-order valence-electron chi connectivity index (χ0n) is 15.7. The van der Waals surface area contributed by atoms with Gasteiger partial charge in [0.2, 0.25) is 5.91 Å². The van der Waals surface area contributed by atoms with Crippen molar-refractivity contribution in [2.45, 2.75) is 18.4 Å². The summed E-state index contributed by atoms with van der Waals surface area (Å²) in [6, 6.07) is 19.5. The highest BCUT2D eigenvalue weighted by Gasteiger charge is 2.21. The fourth-order valence-corrected chi connectivity index (χ4v) is 4.85. The van der Waals surface area contributed by atoms with E-state index in [2.05, 4.69) is 9.97 Å². The van der Waals surface area contributed by atoms with Gasteiger partial charge in [0.05, 0.1) is 27.7 Å². The number of hydrogen-bond donors (Lipinski definition) is 0. The summed E-state index contributed by atoms with van der Waals surface area (Å²) in [5, 5.41) is 1.22. The number of nitrogens with zero attached hydrogens (tertiary/aromatic N) is 3. The molecular weight excluding hydrogens is 422 g/mol. The standard InChI is InChI=1S/C22H18ClN3OS2/c1-15-8-10-17(11-9-15)28-14-20(27)26(13-16-5-2-3-12-24-16)22-25-21-18(23)6-4-7-19(21)29-22/h2-12H,13-14H2,1H3. The number of aryl methyl sites for hydroxylation is 1. The molecule has 4 aromatic rings. The number of rotatable bonds is 6. The van der Waals surface area contributed by atoms with E-state index in [1.807, 2.05) is 67.6 Å². The molecule has 1 amide bonds. The number of pyridine rings is 1. The molecule has 4 rings (SSSR count). The largest absolute Gasteiger partial charge is 0.281 e. The fourth-order valence-electron chi connectivity index (χ4n) is 2.79. The van der Waals surface area contributed by atoms with Crippen molar-refractivity contribution in [3.05, 3.63) is 83.1 Å². The molecule has 0 unspecified atom stereocenters. The normalized spacial score (nSPS) is 11.0. The van der Waals surface area contributed by atoms with E-state index in [1.165, 1.54) is 28.7 Å². The first-order chi connectivity index (χ1) is 14.1. The fraction of sp³-hybridized carbons (Fsp3) is 0.136. The average Bonchev–Trinajstić information content (AvgIpc) is 3.17. The van der Waals surface area contributed by atoms with Crippen LogP contribution in [0.1, 0.15) is 11.3 Å². The minimum Gasteiger partial charge on any atom is -0.281 e. The molecule has 0 N–H and O–H groups in total. The van der Waals surface area contributed by atoms with Crippen molar-refractivity contribution in [1.82, 2.24) is 9.97 Å². The molecule has 0 fully saturated rings. The van der Waals surface area contributed by atoms with Gasteiger partial charge in [-0.1, -0.05) is 52.8 Å². The van der Waals surface area contributed by atoms with Crippen molar-refractivity contribution in [3.63, 3.8) is 0 Å². The summed E-state index contributed by atoms with van der Waals surface area (Å²) in [7, 11) is 0. The molecule has 0 bridgehead atoms. The highest BCUT2D eigenvalue weighted by atomic mass is 35.5. The number of thiazole rings is 1. The zero-order valence-corrected chi connectivity index (χ0v) is 18.1. The van der Waals surface area contributed by atoms with Gasteiger partial charge in [-0.25, -0.2) is 4.98 Å². The Morgan fingerprint density at radius 3 is 2.66 bits per heavy atom. The molecule has 4 nitrogen and oxygen atoms in total. The van der Waals surface area contributed by atoms with Crippen LogP contribution in [0.4, 0.5) is 5.13 Å². The summed E-state index contributed by atoms with van der Waals surface area (Å²) in [5.41, 5.74) is 2.73. The second-order valence-electron chi connectivity index (χ2n) is 6.49. The summed E-state index contributed by atoms with van der Waals surface area (Å²) >= 11 is 9.28. The second kappa shape index (κ2) is 8.95. The molecule has 0 saturated heterocycles. The van der Waals surface area contributed by atoms with Gasteiger partial charge < -0.3 is 0 Å². The number of para-hydroxylation sites is 1. The molecule has 29 heavy (non-hydrogen) atoms. The number of amides is 1. The van der Waals surface area contributed by atoms with Gasteiger partial charge >= 0.3 is 0 Å². The van der Waals surface area contributed by atoms with Crippen LogP contribution in [0.15, 0.2) is 71.8 Å². The highest BCUT2D eigenvalue weighted by molar-refractivity contribution is 8.00. The van der Waals surface area contributed by atoms with Gasteiger partial charge in [-0.3, -0.25) is 14.7 Å². The van der Waals surface area contributed by atoms with Crippen LogP contribution in [-0.2, 0) is 11.3 Å². The van der Waals surface area contributed by atoms with E-state index in [-0.39, 0.29) is 5.91 Å². The minimum absolute atomic E-state index is 0.0172. The topological polar surface area (TPSA) is 46.1 Å². The van der Waals surface area contributed by atoms with Crippen LogP contribution in [0.25, 0.3) is 10.2 Å². The summed E-state index contributed by atoms with van der Waals surface area (Å²) in [5.74, 6) is 0.302. The Hall–Kier alpha value is -2.41. The van der Waals surface area contributed by atoms with Gasteiger partial charge in [-0.15, -0.1) is 11.8 Å². The van der Waals surface area contributed by atoms with Crippen molar-refractivity contribution in [1.29, 1.82) is 0 Å². The Morgan fingerprint density at radius 2 is 1.93 bits per heavy atom. The SMILES string of the molecule is Cc1ccc(SCC(=O)N(Cc2ccccn2)c2nc3c(Cl)cccc3s2)cc1. The Kier molecular flexibility index (Phi) is 6.13. The van der Waals surface area contributed by atoms with Gasteiger partial charge in [-0.05, 0) is 43.3 Å². The third-order valence-electron chi connectivity index (χ3n) is 4.32. The maximum atomic E-state index is 13.2. The molecule has 2 heterocycles. The Labute approximate surface area is 182 Å². The third kappa shape index (κ3) is 4.78. The molecular formula is C22H18ClN3OS2. The van der Waals surface area contributed by atoms with Gasteiger partial charge in [0.25, 0.3) is 0 Å². The summed E-state index contributed by atoms with van der Waals surface area (Å²) in [6.07, 6.45) is 1.73. The van der Waals surface area contributed by atoms with E-state index in [0.717, 1.165) is 20.8 Å². The molecule has 0 aliphatic heterocycles. The number of hydrogen-bond acceptors (Lipinski definition) is 5. The summed E-state index contributed by atoms with van der Waals surface area (Å²) in [4.78, 5) is 25.0. The van der Waals surface area contributed by atoms with Crippen LogP contribution in [0, 0.1) is 6.92 Å². The predicted molar refractivity (Wildman–Crippen MR) is 122 cm³/mol. The van der Waals surface area contributed by atoms with Crippen molar-refractivity contribution >= 4 is 56.0 Å². The maximum Gasteiger partial charge on any atom is 0.239 e. The van der Waals surface area contributed by atoms with Gasteiger partial charge in [0.15, 0.2) is 5.13 Å². The number of thioether (sulfide) groups is 1. The number of benzene rings is 2. The number of halogens is 1. The summed E-state index contributed by atoms with van der Waals surface area (Å²) in [6.45, 7) is 2.41. The van der Waals surface area contributed by atoms with E-state index in [9.17, 15) is 4.79 Å². The smallest absolute Gasteiger partial charge is 0.239 e. The predicted octanol–water partition coefficient (Wildman–Crippen LogP) is 5.98. The van der Waals surface area contributed by atoms with Crippen molar-refractivity contribution in [2.24, 2.45) is 0 Å². The van der Waals surface area contributed by atoms with E-state index in [4.69, 9.17) is 11.6 Å². The minimum atomic E-state index is -0.0172. The van der Waals surface area contributed by atoms with Gasteiger partial charge in [0.1, 0.15) is 5.52 Å². The third-order valence-corrected chi connectivity index (χ3v) is 6.67. The van der Waals surface area contributed by atoms with E-state index < -0.39 is 0 Å². The van der Waals surface area contributed by atoms with Crippen molar-refractivity contribution in [2.75, 3.05) is 10.7 Å². The van der Waals surface area contributed by atoms with Gasteiger partial charge in [0, 0.05) is 11.1 Å². The van der Waals surface area contributed by atoms with Crippen LogP contribution in [0.2, 0.25) is 5.02 Å². The number of carbonyl (C=O) groups is 1. The average molecular weight is 440 g/mol. The number of carbonyl (C=O) groups excluding carboxylic acids is 1. The number of aromatic nitrogens is 2. The van der Waals surface area contributed by atoms with Crippen molar-refractivity contribution in [3.8, 4) is 0 Å². The molecule has 0 aliphatic carbocycles. The van der Waals surface area contributed by atoms with Crippen LogP contribution in [0.3, 0.4) is 0 Å². The van der Waals surface area contributed by atoms with Crippen LogP contribution < -0.4 is 4.90 Å². The van der Waals surface area contributed by atoms with E-state index in [0.29, 0.717) is 22.5 Å². The maximum absolute atomic E-state index is 13.2. The Bertz CT molecular complexity index is 1130. The zero-order chi connectivity index (χ0) is 20.2. The van der Waals surface area contributed by atoms with Crippen LogP contribution in [0.5, 0.6) is 0 Å². The molecule has 0 saturated carbocycles.